The number of nitriles is 1. The highest BCUT2D eigenvalue weighted by atomic mass is 32.2. The summed E-state index contributed by atoms with van der Waals surface area (Å²) in [6.45, 7) is 0. The maximum Gasteiger partial charge on any atom is 0.0992 e. The zero-order chi connectivity index (χ0) is 9.10. The van der Waals surface area contributed by atoms with Gasteiger partial charge in [0.05, 0.1) is 17.8 Å². The smallest absolute Gasteiger partial charge is 0.0992 e. The summed E-state index contributed by atoms with van der Waals surface area (Å²) in [5.41, 5.74) is 1.70. The van der Waals surface area contributed by atoms with Crippen molar-refractivity contribution in [1.29, 1.82) is 5.26 Å². The number of hydrogen-bond acceptors (Lipinski definition) is 4. The van der Waals surface area contributed by atoms with Gasteiger partial charge in [-0.25, -0.2) is 0 Å². The van der Waals surface area contributed by atoms with Gasteiger partial charge < -0.3 is 0 Å². The Hall–Kier alpha value is -1.60. The fraction of sp³-hybridized carbons (Fsp3) is 0. The van der Waals surface area contributed by atoms with Crippen molar-refractivity contribution in [2.75, 3.05) is 0 Å². The van der Waals surface area contributed by atoms with Gasteiger partial charge in [0.25, 0.3) is 0 Å². The molecule has 0 unspecified atom stereocenters. The van der Waals surface area contributed by atoms with E-state index in [1.165, 1.54) is 11.9 Å². The van der Waals surface area contributed by atoms with E-state index in [0.29, 0.717) is 5.56 Å². The Bertz CT molecular complexity index is 429. The summed E-state index contributed by atoms with van der Waals surface area (Å²) in [4.78, 5) is 0.969. The molecule has 4 heteroatoms. The van der Waals surface area contributed by atoms with E-state index in [1.54, 1.807) is 12.3 Å². The van der Waals surface area contributed by atoms with Crippen molar-refractivity contribution in [2.45, 2.75) is 4.90 Å². The third kappa shape index (κ3) is 1.60. The molecule has 62 valence electrons. The number of hydrogen-bond donors (Lipinski definition) is 0. The molecule has 0 fully saturated rings. The highest BCUT2D eigenvalue weighted by Crippen LogP contribution is 2.28. The van der Waals surface area contributed by atoms with Gasteiger partial charge in [-0.05, 0) is 23.8 Å². The second-order valence-corrected chi connectivity index (χ2v) is 3.25. The van der Waals surface area contributed by atoms with Crippen LogP contribution in [-0.2, 0) is 0 Å². The minimum atomic E-state index is 0.650. The van der Waals surface area contributed by atoms with E-state index in [1.807, 2.05) is 18.2 Å². The topological polar surface area (TPSA) is 48.5 Å². The molecule has 0 aliphatic carbocycles. The third-order valence-corrected chi connectivity index (χ3v) is 2.38. The Balaban J connectivity index is 2.53. The molecule has 1 aliphatic rings. The Morgan fingerprint density at radius 3 is 3.15 bits per heavy atom. The van der Waals surface area contributed by atoms with E-state index in [2.05, 4.69) is 15.7 Å². The van der Waals surface area contributed by atoms with E-state index in [-0.39, 0.29) is 0 Å². The van der Waals surface area contributed by atoms with Crippen LogP contribution in [0.15, 0.2) is 38.9 Å². The largest absolute Gasteiger partial charge is 0.192 e. The molecule has 0 saturated heterocycles. The maximum absolute atomic E-state index is 8.68. The molecular weight excluding hydrogens is 182 g/mol. The van der Waals surface area contributed by atoms with E-state index < -0.39 is 0 Å². The van der Waals surface area contributed by atoms with Crippen molar-refractivity contribution < 1.29 is 0 Å². The zero-order valence-electron chi connectivity index (χ0n) is 6.64. The minimum Gasteiger partial charge on any atom is -0.192 e. The Kier molecular flexibility index (Phi) is 2.11. The van der Waals surface area contributed by atoms with Gasteiger partial charge in [0.15, 0.2) is 0 Å². The van der Waals surface area contributed by atoms with Crippen LogP contribution in [0.1, 0.15) is 11.1 Å². The van der Waals surface area contributed by atoms with Crippen molar-refractivity contribution in [3.63, 3.8) is 0 Å². The summed E-state index contributed by atoms with van der Waals surface area (Å²) >= 11 is 1.28. The SMILES string of the molecule is N#Cc1ccc2c(c1)SN=NC=C2. The lowest BCUT2D eigenvalue weighted by Crippen LogP contribution is -1.80. The molecule has 1 aromatic carbocycles. The molecule has 2 rings (SSSR count). The van der Waals surface area contributed by atoms with Crippen molar-refractivity contribution in [1.82, 2.24) is 0 Å². The van der Waals surface area contributed by atoms with Crippen molar-refractivity contribution in [2.24, 2.45) is 9.63 Å². The molecule has 0 aromatic heterocycles. The second-order valence-electron chi connectivity index (χ2n) is 2.47. The fourth-order valence-electron chi connectivity index (χ4n) is 1.03. The lowest BCUT2D eigenvalue weighted by Gasteiger charge is -1.99. The van der Waals surface area contributed by atoms with Crippen LogP contribution in [0.4, 0.5) is 0 Å². The second kappa shape index (κ2) is 3.42. The summed E-state index contributed by atoms with van der Waals surface area (Å²) < 4.78 is 3.83. The standard InChI is InChI=1S/C9H5N3S/c10-6-7-1-2-8-3-4-11-12-13-9(8)5-7/h1-5H. The van der Waals surface area contributed by atoms with Gasteiger partial charge in [0.1, 0.15) is 0 Å². The molecule has 0 radical (unpaired) electrons. The number of fused-ring (bicyclic) bond motifs is 1. The first kappa shape index (κ1) is 8.02. The normalized spacial score (nSPS) is 13.2. The maximum atomic E-state index is 8.68. The number of rotatable bonds is 0. The number of benzene rings is 1. The fourth-order valence-corrected chi connectivity index (χ4v) is 1.64. The summed E-state index contributed by atoms with van der Waals surface area (Å²) in [5, 5.41) is 12.4. The molecule has 1 aromatic rings. The molecule has 0 amide bonds. The molecule has 3 nitrogen and oxygen atoms in total. The summed E-state index contributed by atoms with van der Waals surface area (Å²) in [7, 11) is 0. The van der Waals surface area contributed by atoms with E-state index in [0.717, 1.165) is 10.5 Å². The Morgan fingerprint density at radius 1 is 1.38 bits per heavy atom. The van der Waals surface area contributed by atoms with Crippen molar-refractivity contribution in [3.05, 3.63) is 35.5 Å². The Labute approximate surface area is 79.9 Å². The lowest BCUT2D eigenvalue weighted by atomic mass is 10.1. The molecule has 0 saturated carbocycles. The van der Waals surface area contributed by atoms with Gasteiger partial charge in [0, 0.05) is 16.8 Å². The molecular formula is C9H5N3S. The quantitative estimate of drug-likeness (QED) is 0.586. The summed E-state index contributed by atoms with van der Waals surface area (Å²) in [6.07, 6.45) is 3.52. The van der Waals surface area contributed by atoms with Crippen LogP contribution in [0.2, 0.25) is 0 Å². The molecule has 1 heterocycles. The lowest BCUT2D eigenvalue weighted by molar-refractivity contribution is 1.35. The summed E-state index contributed by atoms with van der Waals surface area (Å²) in [6, 6.07) is 7.59. The van der Waals surface area contributed by atoms with Crippen LogP contribution >= 0.6 is 11.9 Å². The predicted octanol–water partition coefficient (Wildman–Crippen LogP) is 3.00. The van der Waals surface area contributed by atoms with Crippen LogP contribution in [-0.4, -0.2) is 0 Å². The first-order chi connectivity index (χ1) is 6.40. The average molecular weight is 187 g/mol. The van der Waals surface area contributed by atoms with E-state index >= 15 is 0 Å². The van der Waals surface area contributed by atoms with Crippen LogP contribution in [0.3, 0.4) is 0 Å². The number of nitrogens with zero attached hydrogens (tertiary/aromatic N) is 3. The van der Waals surface area contributed by atoms with Crippen LogP contribution in [0.25, 0.3) is 6.08 Å². The van der Waals surface area contributed by atoms with Gasteiger partial charge in [-0.2, -0.15) is 10.4 Å². The van der Waals surface area contributed by atoms with Crippen LogP contribution < -0.4 is 0 Å². The minimum absolute atomic E-state index is 0.650. The van der Waals surface area contributed by atoms with Crippen molar-refractivity contribution in [3.8, 4) is 6.07 Å². The molecule has 0 atom stereocenters. The molecule has 0 N–H and O–H groups in total. The van der Waals surface area contributed by atoms with Gasteiger partial charge in [-0.3, -0.25) is 0 Å². The highest BCUT2D eigenvalue weighted by Gasteiger charge is 2.03. The molecule has 0 spiro atoms. The zero-order valence-corrected chi connectivity index (χ0v) is 7.45. The van der Waals surface area contributed by atoms with E-state index in [9.17, 15) is 0 Å². The van der Waals surface area contributed by atoms with Gasteiger partial charge >= 0.3 is 0 Å². The predicted molar refractivity (Wildman–Crippen MR) is 50.9 cm³/mol. The van der Waals surface area contributed by atoms with Gasteiger partial charge in [0.2, 0.25) is 0 Å². The first-order valence-corrected chi connectivity index (χ1v) is 4.45. The highest BCUT2D eigenvalue weighted by molar-refractivity contribution is 7.98. The van der Waals surface area contributed by atoms with Crippen LogP contribution in [0, 0.1) is 11.3 Å². The van der Waals surface area contributed by atoms with Gasteiger partial charge in [-0.1, -0.05) is 6.07 Å². The van der Waals surface area contributed by atoms with Gasteiger partial charge in [-0.15, -0.1) is 4.52 Å². The monoisotopic (exact) mass is 187 g/mol. The third-order valence-electron chi connectivity index (χ3n) is 1.65. The first-order valence-electron chi connectivity index (χ1n) is 3.68. The average Bonchev–Trinajstić information content (AvgIpc) is 2.41. The summed E-state index contributed by atoms with van der Waals surface area (Å²) in [5.74, 6) is 0. The molecule has 13 heavy (non-hydrogen) atoms. The molecule has 1 aliphatic heterocycles. The Morgan fingerprint density at radius 2 is 2.31 bits per heavy atom. The van der Waals surface area contributed by atoms with Crippen molar-refractivity contribution >= 4 is 18.0 Å². The van der Waals surface area contributed by atoms with Crippen LogP contribution in [0.5, 0.6) is 0 Å². The molecule has 0 bridgehead atoms. The van der Waals surface area contributed by atoms with E-state index in [4.69, 9.17) is 5.26 Å².